The number of aliphatic hydroxyl groups excluding tert-OH is 1. The van der Waals surface area contributed by atoms with Gasteiger partial charge in [-0.15, -0.1) is 0 Å². The molecule has 23 heavy (non-hydrogen) atoms. The van der Waals surface area contributed by atoms with Crippen molar-refractivity contribution in [2.75, 3.05) is 33.4 Å². The van der Waals surface area contributed by atoms with E-state index in [2.05, 4.69) is 24.0 Å². The van der Waals surface area contributed by atoms with Gasteiger partial charge in [0.25, 0.3) is 0 Å². The standard InChI is InChI=1S/C18H29NO4/c1-4-7-18(21)23-14-17(20)13-19(10-11-22-3)12-16-9-6-5-8-15(16)2/h5-6,8-9,17,20H,4,7,10-14H2,1-3H3/t17-/m1/s1. The van der Waals surface area contributed by atoms with Crippen molar-refractivity contribution >= 4 is 5.97 Å². The van der Waals surface area contributed by atoms with Gasteiger partial charge in [-0.25, -0.2) is 0 Å². The van der Waals surface area contributed by atoms with E-state index in [-0.39, 0.29) is 12.6 Å². The van der Waals surface area contributed by atoms with E-state index in [1.807, 2.05) is 19.1 Å². The van der Waals surface area contributed by atoms with E-state index < -0.39 is 6.10 Å². The highest BCUT2D eigenvalue weighted by Gasteiger charge is 2.15. The first-order valence-electron chi connectivity index (χ1n) is 8.16. The SMILES string of the molecule is CCCC(=O)OC[C@H](O)CN(CCOC)Cc1ccccc1C. The Balaban J connectivity index is 2.53. The van der Waals surface area contributed by atoms with Crippen LogP contribution in [0.1, 0.15) is 30.9 Å². The molecule has 0 radical (unpaired) electrons. The molecule has 130 valence electrons. The van der Waals surface area contributed by atoms with Crippen molar-refractivity contribution in [1.29, 1.82) is 0 Å². The molecule has 0 fully saturated rings. The zero-order chi connectivity index (χ0) is 17.1. The van der Waals surface area contributed by atoms with Crippen molar-refractivity contribution in [3.8, 4) is 0 Å². The fourth-order valence-electron chi connectivity index (χ4n) is 2.30. The second-order valence-electron chi connectivity index (χ2n) is 5.74. The molecule has 0 unspecified atom stereocenters. The van der Waals surface area contributed by atoms with E-state index in [0.717, 1.165) is 13.0 Å². The van der Waals surface area contributed by atoms with E-state index in [4.69, 9.17) is 9.47 Å². The van der Waals surface area contributed by atoms with Crippen LogP contribution in [0.15, 0.2) is 24.3 Å². The lowest BCUT2D eigenvalue weighted by Gasteiger charge is -2.25. The second-order valence-corrected chi connectivity index (χ2v) is 5.74. The Labute approximate surface area is 139 Å². The van der Waals surface area contributed by atoms with Crippen LogP contribution in [0.2, 0.25) is 0 Å². The molecule has 1 aromatic carbocycles. The molecule has 1 N–H and O–H groups in total. The molecule has 0 bridgehead atoms. The highest BCUT2D eigenvalue weighted by atomic mass is 16.5. The lowest BCUT2D eigenvalue weighted by molar-refractivity contribution is -0.147. The predicted octanol–water partition coefficient (Wildman–Crippen LogP) is 2.15. The Kier molecular flexibility index (Phi) is 9.52. The fourth-order valence-corrected chi connectivity index (χ4v) is 2.30. The summed E-state index contributed by atoms with van der Waals surface area (Å²) in [6.07, 6.45) is 0.447. The van der Waals surface area contributed by atoms with Crippen LogP contribution >= 0.6 is 0 Å². The molecule has 1 rings (SSSR count). The van der Waals surface area contributed by atoms with Crippen molar-refractivity contribution in [3.63, 3.8) is 0 Å². The molecule has 0 aliphatic rings. The Morgan fingerprint density at radius 2 is 2.09 bits per heavy atom. The van der Waals surface area contributed by atoms with Gasteiger partial charge >= 0.3 is 5.97 Å². The Morgan fingerprint density at radius 3 is 2.74 bits per heavy atom. The van der Waals surface area contributed by atoms with Crippen molar-refractivity contribution in [2.24, 2.45) is 0 Å². The van der Waals surface area contributed by atoms with E-state index in [1.54, 1.807) is 7.11 Å². The van der Waals surface area contributed by atoms with Gasteiger partial charge in [-0.3, -0.25) is 9.69 Å². The minimum atomic E-state index is -0.698. The van der Waals surface area contributed by atoms with Crippen molar-refractivity contribution in [2.45, 2.75) is 39.3 Å². The van der Waals surface area contributed by atoms with Gasteiger partial charge < -0.3 is 14.6 Å². The quantitative estimate of drug-likeness (QED) is 0.632. The molecular weight excluding hydrogens is 294 g/mol. The number of esters is 1. The van der Waals surface area contributed by atoms with Gasteiger partial charge in [0.2, 0.25) is 0 Å². The molecule has 0 saturated heterocycles. The number of methoxy groups -OCH3 is 1. The molecule has 0 saturated carbocycles. The summed E-state index contributed by atoms with van der Waals surface area (Å²) in [5.74, 6) is -0.256. The summed E-state index contributed by atoms with van der Waals surface area (Å²) in [6.45, 7) is 6.52. The number of ether oxygens (including phenoxy) is 2. The van der Waals surface area contributed by atoms with Crippen LogP contribution in [0.4, 0.5) is 0 Å². The molecule has 0 aromatic heterocycles. The first-order chi connectivity index (χ1) is 11.1. The maximum Gasteiger partial charge on any atom is 0.305 e. The summed E-state index contributed by atoms with van der Waals surface area (Å²) < 4.78 is 10.2. The number of benzene rings is 1. The van der Waals surface area contributed by atoms with Crippen LogP contribution in [0.25, 0.3) is 0 Å². The minimum Gasteiger partial charge on any atom is -0.463 e. The van der Waals surface area contributed by atoms with Gasteiger partial charge in [-0.2, -0.15) is 0 Å². The first-order valence-corrected chi connectivity index (χ1v) is 8.16. The molecule has 5 nitrogen and oxygen atoms in total. The summed E-state index contributed by atoms with van der Waals surface area (Å²) in [7, 11) is 1.66. The molecule has 1 aromatic rings. The summed E-state index contributed by atoms with van der Waals surface area (Å²) in [5.41, 5.74) is 2.44. The van der Waals surface area contributed by atoms with Gasteiger partial charge in [0.1, 0.15) is 12.7 Å². The van der Waals surface area contributed by atoms with Crippen LogP contribution in [0.3, 0.4) is 0 Å². The van der Waals surface area contributed by atoms with E-state index in [1.165, 1.54) is 11.1 Å². The third kappa shape index (κ3) is 8.11. The van der Waals surface area contributed by atoms with Crippen molar-refractivity contribution < 1.29 is 19.4 Å². The lowest BCUT2D eigenvalue weighted by Crippen LogP contribution is -2.37. The average Bonchev–Trinajstić information content (AvgIpc) is 2.53. The number of hydrogen-bond acceptors (Lipinski definition) is 5. The molecule has 0 aliphatic carbocycles. The maximum absolute atomic E-state index is 11.4. The number of hydrogen-bond donors (Lipinski definition) is 1. The number of rotatable bonds is 11. The molecule has 0 heterocycles. The summed E-state index contributed by atoms with van der Waals surface area (Å²) >= 11 is 0. The summed E-state index contributed by atoms with van der Waals surface area (Å²) in [4.78, 5) is 13.5. The van der Waals surface area contributed by atoms with Gasteiger partial charge in [0.15, 0.2) is 0 Å². The predicted molar refractivity (Wildman–Crippen MR) is 90.2 cm³/mol. The number of aryl methyl sites for hydroxylation is 1. The van der Waals surface area contributed by atoms with Crippen LogP contribution in [0.5, 0.6) is 0 Å². The molecule has 1 atom stereocenters. The van der Waals surface area contributed by atoms with Crippen LogP contribution in [-0.4, -0.2) is 55.5 Å². The topological polar surface area (TPSA) is 59.0 Å². The number of aliphatic hydroxyl groups is 1. The highest BCUT2D eigenvalue weighted by molar-refractivity contribution is 5.69. The minimum absolute atomic E-state index is 0.0378. The van der Waals surface area contributed by atoms with E-state index in [0.29, 0.717) is 26.1 Å². The van der Waals surface area contributed by atoms with Crippen LogP contribution < -0.4 is 0 Å². The summed E-state index contributed by atoms with van der Waals surface area (Å²) in [5, 5.41) is 10.1. The number of carbonyl (C=O) groups is 1. The molecule has 0 amide bonds. The zero-order valence-corrected chi connectivity index (χ0v) is 14.5. The third-order valence-electron chi connectivity index (χ3n) is 3.63. The van der Waals surface area contributed by atoms with Crippen LogP contribution in [0, 0.1) is 6.92 Å². The van der Waals surface area contributed by atoms with Crippen LogP contribution in [-0.2, 0) is 20.8 Å². The lowest BCUT2D eigenvalue weighted by atomic mass is 10.1. The van der Waals surface area contributed by atoms with Gasteiger partial charge in [-0.05, 0) is 24.5 Å². The number of carbonyl (C=O) groups excluding carboxylic acids is 1. The fraction of sp³-hybridized carbons (Fsp3) is 0.611. The summed E-state index contributed by atoms with van der Waals surface area (Å²) in [6, 6.07) is 8.19. The van der Waals surface area contributed by atoms with E-state index >= 15 is 0 Å². The average molecular weight is 323 g/mol. The number of nitrogens with zero attached hydrogens (tertiary/aromatic N) is 1. The maximum atomic E-state index is 11.4. The van der Waals surface area contributed by atoms with Gasteiger partial charge in [0, 0.05) is 33.2 Å². The molecule has 0 spiro atoms. The normalized spacial score (nSPS) is 12.4. The van der Waals surface area contributed by atoms with Gasteiger partial charge in [-0.1, -0.05) is 31.2 Å². The van der Waals surface area contributed by atoms with Crippen molar-refractivity contribution in [3.05, 3.63) is 35.4 Å². The zero-order valence-electron chi connectivity index (χ0n) is 14.5. The third-order valence-corrected chi connectivity index (χ3v) is 3.63. The van der Waals surface area contributed by atoms with Gasteiger partial charge in [0.05, 0.1) is 6.61 Å². The molecule has 0 aliphatic heterocycles. The first kappa shape index (κ1) is 19.6. The second kappa shape index (κ2) is 11.2. The monoisotopic (exact) mass is 323 g/mol. The Bertz CT molecular complexity index is 464. The molecular formula is C18H29NO4. The highest BCUT2D eigenvalue weighted by Crippen LogP contribution is 2.11. The Morgan fingerprint density at radius 1 is 1.35 bits per heavy atom. The smallest absolute Gasteiger partial charge is 0.305 e. The van der Waals surface area contributed by atoms with Crippen molar-refractivity contribution in [1.82, 2.24) is 4.90 Å². The van der Waals surface area contributed by atoms with E-state index in [9.17, 15) is 9.90 Å². The Hall–Kier alpha value is -1.43. The largest absolute Gasteiger partial charge is 0.463 e. The molecule has 5 heteroatoms.